The van der Waals surface area contributed by atoms with Gasteiger partial charge in [-0.15, -0.1) is 0 Å². The molecule has 0 spiro atoms. The summed E-state index contributed by atoms with van der Waals surface area (Å²) in [7, 11) is 1.42. The molecule has 2 aliphatic rings. The molecule has 2 rings (SSSR count). The molecular formula is C30H55N3O15. The summed E-state index contributed by atoms with van der Waals surface area (Å²) in [6.07, 6.45) is -13.6. The van der Waals surface area contributed by atoms with Crippen molar-refractivity contribution >= 4 is 17.9 Å². The highest BCUT2D eigenvalue weighted by molar-refractivity contribution is 5.82. The summed E-state index contributed by atoms with van der Waals surface area (Å²) in [5, 5.41) is 70.8. The van der Waals surface area contributed by atoms with Crippen molar-refractivity contribution in [3.05, 3.63) is 0 Å². The summed E-state index contributed by atoms with van der Waals surface area (Å²) < 4.78 is 33.8. The van der Waals surface area contributed by atoms with Gasteiger partial charge in [0, 0.05) is 20.5 Å². The summed E-state index contributed by atoms with van der Waals surface area (Å²) >= 11 is 0. The van der Waals surface area contributed by atoms with Gasteiger partial charge in [-0.2, -0.15) is 0 Å². The van der Waals surface area contributed by atoms with Crippen molar-refractivity contribution in [1.82, 2.24) is 16.0 Å². The van der Waals surface area contributed by atoms with Crippen LogP contribution in [-0.4, -0.2) is 162 Å². The molecule has 0 aliphatic carbocycles. The fourth-order valence-corrected chi connectivity index (χ4v) is 5.74. The van der Waals surface area contributed by atoms with E-state index in [4.69, 9.17) is 28.4 Å². The van der Waals surface area contributed by atoms with Crippen molar-refractivity contribution in [3.63, 3.8) is 0 Å². The molecule has 2 saturated heterocycles. The van der Waals surface area contributed by atoms with Crippen LogP contribution in [0.5, 0.6) is 0 Å². The number of carbonyl (C=O) groups is 3. The SMILES string of the molecule is COCCOC(=O)NCC(=O)N[C@H]1C([C@H](O)[C@H](O)CO)O[C@](C)(OCC2O[C@@H](OC(C(C)C)C(C)C)C(NC(C)=O)[C@@H](O)[C@H]2O)C[C@@H]1O. The summed E-state index contributed by atoms with van der Waals surface area (Å²) in [6, 6.07) is -2.45. The smallest absolute Gasteiger partial charge is 0.407 e. The van der Waals surface area contributed by atoms with E-state index in [1.807, 2.05) is 27.7 Å². The molecule has 0 bridgehead atoms. The minimum absolute atomic E-state index is 0.0397. The third-order valence-corrected chi connectivity index (χ3v) is 8.12. The summed E-state index contributed by atoms with van der Waals surface area (Å²) in [5.41, 5.74) is 0. The van der Waals surface area contributed by atoms with Crippen molar-refractivity contribution in [1.29, 1.82) is 0 Å². The van der Waals surface area contributed by atoms with E-state index < -0.39 is 105 Å². The minimum atomic E-state index is -1.83. The molecule has 0 saturated carbocycles. The largest absolute Gasteiger partial charge is 0.447 e. The average Bonchev–Trinajstić information content (AvgIpc) is 3.01. The van der Waals surface area contributed by atoms with Gasteiger partial charge in [0.15, 0.2) is 12.1 Å². The molecule has 2 heterocycles. The molecule has 0 aromatic carbocycles. The predicted molar refractivity (Wildman–Crippen MR) is 165 cm³/mol. The third kappa shape index (κ3) is 12.0. The average molecular weight is 698 g/mol. The number of ether oxygens (including phenoxy) is 6. The third-order valence-electron chi connectivity index (χ3n) is 8.12. The van der Waals surface area contributed by atoms with Crippen LogP contribution in [0.15, 0.2) is 0 Å². The molecule has 9 N–H and O–H groups in total. The Morgan fingerprint density at radius 2 is 1.62 bits per heavy atom. The zero-order valence-corrected chi connectivity index (χ0v) is 28.6. The van der Waals surface area contributed by atoms with Gasteiger partial charge in [-0.3, -0.25) is 9.59 Å². The second-order valence-electron chi connectivity index (χ2n) is 13.0. The Balaban J connectivity index is 2.20. The van der Waals surface area contributed by atoms with Crippen molar-refractivity contribution in [3.8, 4) is 0 Å². The van der Waals surface area contributed by atoms with Crippen LogP contribution in [0.1, 0.15) is 48.0 Å². The standard InChI is InChI=1S/C30H55N3O15/c1-14(2)26(15(3)4)47-28-22(32-16(5)35)25(41)24(40)19(46-28)13-45-30(6)10-17(36)21(27(48-30)23(39)18(37)12-34)33-20(38)11-31-29(42)44-9-8-43-7/h14-15,17-19,21-28,34,36-37,39-41H,8-13H2,1-7H3,(H,31,42)(H,32,35)(H,33,38)/t17-,18+,19?,21+,22?,23+,24-,25+,27?,28-,30-/m0/s1. The van der Waals surface area contributed by atoms with Crippen molar-refractivity contribution in [2.24, 2.45) is 11.8 Å². The fourth-order valence-electron chi connectivity index (χ4n) is 5.74. The molecule has 0 aromatic heterocycles. The second-order valence-corrected chi connectivity index (χ2v) is 13.0. The van der Waals surface area contributed by atoms with Gasteiger partial charge in [-0.25, -0.2) is 4.79 Å². The Labute approximate surface area is 280 Å². The molecule has 0 radical (unpaired) electrons. The molecule has 2 fully saturated rings. The van der Waals surface area contributed by atoms with Crippen LogP contribution in [0.4, 0.5) is 4.79 Å². The van der Waals surface area contributed by atoms with E-state index in [2.05, 4.69) is 16.0 Å². The second kappa shape index (κ2) is 19.2. The van der Waals surface area contributed by atoms with Gasteiger partial charge in [0.25, 0.3) is 0 Å². The van der Waals surface area contributed by atoms with E-state index >= 15 is 0 Å². The van der Waals surface area contributed by atoms with Gasteiger partial charge in [-0.1, -0.05) is 27.7 Å². The Kier molecular flexibility index (Phi) is 16.8. The molecule has 3 unspecified atom stereocenters. The lowest BCUT2D eigenvalue weighted by atomic mass is 9.89. The molecule has 0 aromatic rings. The van der Waals surface area contributed by atoms with Crippen LogP contribution in [0.3, 0.4) is 0 Å². The first kappa shape index (κ1) is 41.9. The number of aliphatic hydroxyl groups is 6. The number of amides is 3. The predicted octanol–water partition coefficient (Wildman–Crippen LogP) is -2.91. The van der Waals surface area contributed by atoms with E-state index in [9.17, 15) is 45.0 Å². The van der Waals surface area contributed by atoms with Crippen molar-refractivity contribution in [2.45, 2.75) is 121 Å². The van der Waals surface area contributed by atoms with E-state index in [0.29, 0.717) is 0 Å². The van der Waals surface area contributed by atoms with Crippen LogP contribution in [0.2, 0.25) is 0 Å². The number of hydrogen-bond acceptors (Lipinski definition) is 15. The maximum Gasteiger partial charge on any atom is 0.407 e. The van der Waals surface area contributed by atoms with E-state index in [1.165, 1.54) is 21.0 Å². The van der Waals surface area contributed by atoms with Crippen LogP contribution in [0.25, 0.3) is 0 Å². The number of carbonyl (C=O) groups excluding carboxylic acids is 3. The highest BCUT2D eigenvalue weighted by atomic mass is 16.7. The van der Waals surface area contributed by atoms with Crippen LogP contribution in [-0.2, 0) is 38.0 Å². The summed E-state index contributed by atoms with van der Waals surface area (Å²) in [6.45, 7) is 8.67. The van der Waals surface area contributed by atoms with Crippen molar-refractivity contribution in [2.75, 3.05) is 40.1 Å². The molecule has 2 aliphatic heterocycles. The van der Waals surface area contributed by atoms with Gasteiger partial charge in [0.05, 0.1) is 38.1 Å². The first-order valence-electron chi connectivity index (χ1n) is 16.0. The number of nitrogens with one attached hydrogen (secondary N) is 3. The topological polar surface area (TPSA) is 264 Å². The minimum Gasteiger partial charge on any atom is -0.447 e. The normalized spacial score (nSPS) is 32.2. The number of methoxy groups -OCH3 is 1. The zero-order chi connectivity index (χ0) is 36.3. The molecule has 48 heavy (non-hydrogen) atoms. The van der Waals surface area contributed by atoms with Crippen molar-refractivity contribution < 1.29 is 73.4 Å². The first-order valence-corrected chi connectivity index (χ1v) is 16.0. The number of alkyl carbamates (subject to hydrolysis) is 1. The Morgan fingerprint density at radius 3 is 2.19 bits per heavy atom. The molecule has 280 valence electrons. The quantitative estimate of drug-likeness (QED) is 0.0690. The van der Waals surface area contributed by atoms with E-state index in [0.717, 1.165) is 0 Å². The van der Waals surface area contributed by atoms with E-state index in [1.54, 1.807) is 0 Å². The highest BCUT2D eigenvalue weighted by Gasteiger charge is 2.51. The molecule has 18 heteroatoms. The van der Waals surface area contributed by atoms with Gasteiger partial charge >= 0.3 is 6.09 Å². The van der Waals surface area contributed by atoms with Crippen LogP contribution in [0, 0.1) is 11.8 Å². The Bertz CT molecular complexity index is 1010. The van der Waals surface area contributed by atoms with Gasteiger partial charge < -0.3 is 75.0 Å². The zero-order valence-electron chi connectivity index (χ0n) is 28.6. The van der Waals surface area contributed by atoms with Crippen LogP contribution < -0.4 is 16.0 Å². The molecule has 11 atom stereocenters. The summed E-state index contributed by atoms with van der Waals surface area (Å²) in [5.74, 6) is -2.91. The van der Waals surface area contributed by atoms with Crippen LogP contribution >= 0.6 is 0 Å². The Morgan fingerprint density at radius 1 is 0.979 bits per heavy atom. The lowest BCUT2D eigenvalue weighted by Gasteiger charge is -2.48. The molecular weight excluding hydrogens is 642 g/mol. The maximum absolute atomic E-state index is 12.6. The molecule has 18 nitrogen and oxygen atoms in total. The fraction of sp³-hybridized carbons (Fsp3) is 0.900. The monoisotopic (exact) mass is 697 g/mol. The number of rotatable bonds is 17. The highest BCUT2D eigenvalue weighted by Crippen LogP contribution is 2.34. The van der Waals surface area contributed by atoms with Gasteiger partial charge in [0.1, 0.15) is 55.8 Å². The first-order chi connectivity index (χ1) is 22.4. The van der Waals surface area contributed by atoms with Gasteiger partial charge in [-0.05, 0) is 18.8 Å². The lowest BCUT2D eigenvalue weighted by molar-refractivity contribution is -0.336. The van der Waals surface area contributed by atoms with E-state index in [-0.39, 0.29) is 37.6 Å². The van der Waals surface area contributed by atoms with Gasteiger partial charge in [0.2, 0.25) is 11.8 Å². The summed E-state index contributed by atoms with van der Waals surface area (Å²) in [4.78, 5) is 36.3. The molecule has 3 amide bonds. The Hall–Kier alpha value is -2.23. The number of hydrogen-bond donors (Lipinski definition) is 9. The lowest BCUT2D eigenvalue weighted by Crippen LogP contribution is -2.67. The number of aliphatic hydroxyl groups excluding tert-OH is 6. The maximum atomic E-state index is 12.6.